The molecular weight excluding hydrogens is 266 g/mol. The normalized spacial score (nSPS) is 12.8. The molecule has 118 valence electrons. The largest absolute Gasteiger partial charge is 0.494 e. The van der Waals surface area contributed by atoms with Gasteiger partial charge in [-0.1, -0.05) is 25.5 Å². The number of unbranched alkanes of at least 4 members (excludes halogenated alkanes) is 1. The first kappa shape index (κ1) is 17.5. The van der Waals surface area contributed by atoms with Crippen LogP contribution in [0.4, 0.5) is 0 Å². The average molecular weight is 293 g/mol. The van der Waals surface area contributed by atoms with Crippen LogP contribution in [0.25, 0.3) is 0 Å². The number of benzene rings is 1. The van der Waals surface area contributed by atoms with Crippen molar-refractivity contribution in [2.24, 2.45) is 5.73 Å². The van der Waals surface area contributed by atoms with Gasteiger partial charge in [-0.15, -0.1) is 0 Å². The van der Waals surface area contributed by atoms with Crippen molar-refractivity contribution >= 4 is 5.97 Å². The lowest BCUT2D eigenvalue weighted by Gasteiger charge is -2.22. The third-order valence-electron chi connectivity index (χ3n) is 2.86. The fourth-order valence-corrected chi connectivity index (χ4v) is 1.77. The first-order valence-electron chi connectivity index (χ1n) is 7.52. The molecule has 1 rings (SSSR count). The fraction of sp³-hybridized carbons (Fsp3) is 0.588. The number of nitrogens with two attached hydrogens (primary N) is 1. The number of carbonyl (C=O) groups excluding carboxylic acids is 1. The van der Waals surface area contributed by atoms with Crippen molar-refractivity contribution < 1.29 is 14.3 Å². The Hall–Kier alpha value is -1.55. The number of hydrogen-bond donors (Lipinski definition) is 1. The minimum Gasteiger partial charge on any atom is -0.494 e. The van der Waals surface area contributed by atoms with Crippen molar-refractivity contribution in [3.63, 3.8) is 0 Å². The number of rotatable bonds is 7. The molecule has 0 spiro atoms. The van der Waals surface area contributed by atoms with Gasteiger partial charge < -0.3 is 15.2 Å². The van der Waals surface area contributed by atoms with Crippen LogP contribution < -0.4 is 10.5 Å². The minimum absolute atomic E-state index is 0.370. The Kier molecular flexibility index (Phi) is 6.69. The zero-order chi connectivity index (χ0) is 15.9. The van der Waals surface area contributed by atoms with Crippen LogP contribution in [0.5, 0.6) is 5.75 Å². The summed E-state index contributed by atoms with van der Waals surface area (Å²) in [5.41, 5.74) is 6.38. The Labute approximate surface area is 127 Å². The summed E-state index contributed by atoms with van der Waals surface area (Å²) in [7, 11) is 0. The smallest absolute Gasteiger partial charge is 0.323 e. The lowest BCUT2D eigenvalue weighted by molar-refractivity contribution is -0.156. The molecule has 0 aliphatic heterocycles. The van der Waals surface area contributed by atoms with Gasteiger partial charge in [0.15, 0.2) is 0 Å². The molecule has 4 nitrogen and oxygen atoms in total. The molecule has 1 aromatic rings. The average Bonchev–Trinajstić information content (AvgIpc) is 2.39. The molecule has 2 N–H and O–H groups in total. The van der Waals surface area contributed by atoms with E-state index in [2.05, 4.69) is 6.92 Å². The van der Waals surface area contributed by atoms with E-state index in [0.717, 1.165) is 30.8 Å². The zero-order valence-corrected chi connectivity index (χ0v) is 13.5. The van der Waals surface area contributed by atoms with Gasteiger partial charge in [-0.25, -0.2) is 0 Å². The van der Waals surface area contributed by atoms with Crippen molar-refractivity contribution in [1.82, 2.24) is 0 Å². The molecule has 0 heterocycles. The fourth-order valence-electron chi connectivity index (χ4n) is 1.77. The van der Waals surface area contributed by atoms with E-state index >= 15 is 0 Å². The van der Waals surface area contributed by atoms with Crippen molar-refractivity contribution in [3.05, 3.63) is 29.8 Å². The number of carbonyl (C=O) groups is 1. The van der Waals surface area contributed by atoms with E-state index in [1.165, 1.54) is 0 Å². The Morgan fingerprint density at radius 1 is 1.24 bits per heavy atom. The van der Waals surface area contributed by atoms with Gasteiger partial charge >= 0.3 is 5.97 Å². The van der Waals surface area contributed by atoms with Gasteiger partial charge in [0.05, 0.1) is 6.61 Å². The van der Waals surface area contributed by atoms with Gasteiger partial charge in [0.25, 0.3) is 0 Å². The summed E-state index contributed by atoms with van der Waals surface area (Å²) >= 11 is 0. The first-order valence-corrected chi connectivity index (χ1v) is 7.52. The Morgan fingerprint density at radius 3 is 2.38 bits per heavy atom. The summed E-state index contributed by atoms with van der Waals surface area (Å²) in [6, 6.07) is 7.05. The molecule has 21 heavy (non-hydrogen) atoms. The first-order chi connectivity index (χ1) is 9.81. The molecule has 0 bridgehead atoms. The second-order valence-corrected chi connectivity index (χ2v) is 6.19. The molecule has 0 aliphatic rings. The monoisotopic (exact) mass is 293 g/mol. The molecule has 4 heteroatoms. The number of esters is 1. The van der Waals surface area contributed by atoms with E-state index in [4.69, 9.17) is 15.2 Å². The Morgan fingerprint density at radius 2 is 1.86 bits per heavy atom. The zero-order valence-electron chi connectivity index (χ0n) is 13.5. The summed E-state index contributed by atoms with van der Waals surface area (Å²) in [6.07, 6.45) is 2.62. The summed E-state index contributed by atoms with van der Waals surface area (Å²) in [5.74, 6) is 0.476. The van der Waals surface area contributed by atoms with Crippen LogP contribution in [-0.2, 0) is 16.0 Å². The summed E-state index contributed by atoms with van der Waals surface area (Å²) in [6.45, 7) is 8.36. The van der Waals surface area contributed by atoms with Crippen LogP contribution in [0.1, 0.15) is 46.1 Å². The van der Waals surface area contributed by atoms with Crippen LogP contribution in [0.2, 0.25) is 0 Å². The summed E-state index contributed by atoms with van der Waals surface area (Å²) < 4.78 is 10.9. The SMILES string of the molecule is CCCCOc1ccc(CC(N)C(=O)OC(C)(C)C)cc1. The summed E-state index contributed by atoms with van der Waals surface area (Å²) in [5, 5.41) is 0. The molecule has 1 unspecified atom stereocenters. The van der Waals surface area contributed by atoms with Crippen LogP contribution in [0.15, 0.2) is 24.3 Å². The van der Waals surface area contributed by atoms with Crippen molar-refractivity contribution in [2.75, 3.05) is 6.61 Å². The van der Waals surface area contributed by atoms with Crippen molar-refractivity contribution in [3.8, 4) is 5.75 Å². The standard InChI is InChI=1S/C17H27NO3/c1-5-6-11-20-14-9-7-13(8-10-14)12-15(18)16(19)21-17(2,3)4/h7-10,15H,5-6,11-12,18H2,1-4H3. The topological polar surface area (TPSA) is 61.5 Å². The Balaban J connectivity index is 2.49. The lowest BCUT2D eigenvalue weighted by atomic mass is 10.1. The highest BCUT2D eigenvalue weighted by Crippen LogP contribution is 2.15. The second-order valence-electron chi connectivity index (χ2n) is 6.19. The minimum atomic E-state index is -0.643. The van der Waals surface area contributed by atoms with E-state index in [0.29, 0.717) is 6.42 Å². The molecule has 0 aromatic heterocycles. The highest BCUT2D eigenvalue weighted by molar-refractivity contribution is 5.76. The molecule has 0 saturated heterocycles. The van der Waals surface area contributed by atoms with Crippen molar-refractivity contribution in [2.45, 2.75) is 58.6 Å². The number of ether oxygens (including phenoxy) is 2. The summed E-state index contributed by atoms with van der Waals surface area (Å²) in [4.78, 5) is 11.8. The lowest BCUT2D eigenvalue weighted by Crippen LogP contribution is -2.38. The maximum Gasteiger partial charge on any atom is 0.323 e. The van der Waals surface area contributed by atoms with E-state index in [1.807, 2.05) is 45.0 Å². The highest BCUT2D eigenvalue weighted by atomic mass is 16.6. The molecular formula is C17H27NO3. The van der Waals surface area contributed by atoms with Gasteiger partial charge in [0.2, 0.25) is 0 Å². The molecule has 0 fully saturated rings. The van der Waals surface area contributed by atoms with E-state index < -0.39 is 11.6 Å². The third kappa shape index (κ3) is 7.14. The van der Waals surface area contributed by atoms with E-state index in [-0.39, 0.29) is 5.97 Å². The van der Waals surface area contributed by atoms with Crippen LogP contribution in [0, 0.1) is 0 Å². The van der Waals surface area contributed by atoms with Crippen LogP contribution in [0.3, 0.4) is 0 Å². The molecule has 1 atom stereocenters. The molecule has 0 saturated carbocycles. The van der Waals surface area contributed by atoms with Crippen LogP contribution >= 0.6 is 0 Å². The molecule has 0 aliphatic carbocycles. The van der Waals surface area contributed by atoms with Crippen molar-refractivity contribution in [1.29, 1.82) is 0 Å². The van der Waals surface area contributed by atoms with Gasteiger partial charge in [-0.05, 0) is 51.3 Å². The quantitative estimate of drug-likeness (QED) is 0.620. The highest BCUT2D eigenvalue weighted by Gasteiger charge is 2.22. The molecule has 0 amide bonds. The maximum atomic E-state index is 11.8. The Bertz CT molecular complexity index is 434. The van der Waals surface area contributed by atoms with E-state index in [1.54, 1.807) is 0 Å². The van der Waals surface area contributed by atoms with E-state index in [9.17, 15) is 4.79 Å². The third-order valence-corrected chi connectivity index (χ3v) is 2.86. The molecule has 1 aromatic carbocycles. The predicted octanol–water partition coefficient (Wildman–Crippen LogP) is 3.08. The van der Waals surface area contributed by atoms with Gasteiger partial charge in [0.1, 0.15) is 17.4 Å². The van der Waals surface area contributed by atoms with Gasteiger partial charge in [-0.3, -0.25) is 4.79 Å². The van der Waals surface area contributed by atoms with Gasteiger partial charge in [0, 0.05) is 0 Å². The van der Waals surface area contributed by atoms with Gasteiger partial charge in [-0.2, -0.15) is 0 Å². The molecule has 0 radical (unpaired) electrons. The predicted molar refractivity (Wildman–Crippen MR) is 84.4 cm³/mol. The second kappa shape index (κ2) is 8.03. The number of hydrogen-bond acceptors (Lipinski definition) is 4. The maximum absolute atomic E-state index is 11.8. The van der Waals surface area contributed by atoms with Crippen LogP contribution in [-0.4, -0.2) is 24.2 Å².